The maximum atomic E-state index is 2.66. The lowest BCUT2D eigenvalue weighted by molar-refractivity contribution is 0.163. The monoisotopic (exact) mass is 253 g/mol. The van der Waals surface area contributed by atoms with Gasteiger partial charge in [-0.25, -0.2) is 0 Å². The van der Waals surface area contributed by atoms with Gasteiger partial charge in [-0.3, -0.25) is 0 Å². The first-order chi connectivity index (χ1) is 9.34. The lowest BCUT2D eigenvalue weighted by Crippen LogP contribution is -2.38. The van der Waals surface area contributed by atoms with E-state index in [0.29, 0.717) is 0 Å². The molecule has 0 N–H and O–H groups in total. The van der Waals surface area contributed by atoms with E-state index in [1.807, 2.05) is 0 Å². The smallest absolute Gasteiger partial charge is 0.00670 e. The van der Waals surface area contributed by atoms with Gasteiger partial charge in [0.1, 0.15) is 0 Å². The fourth-order valence-electron chi connectivity index (χ4n) is 3.26. The molecule has 1 aliphatic rings. The predicted octanol–water partition coefficient (Wildman–Crippen LogP) is 4.26. The van der Waals surface area contributed by atoms with Crippen molar-refractivity contribution >= 4 is 10.8 Å². The Kier molecular flexibility index (Phi) is 3.84. The van der Waals surface area contributed by atoms with Crippen molar-refractivity contribution in [3.8, 4) is 0 Å². The summed E-state index contributed by atoms with van der Waals surface area (Å²) in [5.41, 5.74) is 1.50. The standard InChI is InChI=1S/C18H23N/c1-15-7-4-5-13-19(15)14-12-17-10-6-9-16-8-2-3-11-18(16)17/h2-3,6,8-11,15H,4-5,7,12-14H2,1H3. The molecule has 0 aromatic heterocycles. The normalized spacial score (nSPS) is 20.8. The molecule has 1 heteroatoms. The van der Waals surface area contributed by atoms with Crippen LogP contribution in [0, 0.1) is 0 Å². The Hall–Kier alpha value is -1.34. The minimum atomic E-state index is 0.767. The molecule has 0 spiro atoms. The van der Waals surface area contributed by atoms with E-state index in [1.165, 1.54) is 55.1 Å². The van der Waals surface area contributed by atoms with E-state index in [2.05, 4.69) is 54.3 Å². The third kappa shape index (κ3) is 2.82. The van der Waals surface area contributed by atoms with Crippen LogP contribution >= 0.6 is 0 Å². The van der Waals surface area contributed by atoms with E-state index >= 15 is 0 Å². The number of nitrogens with zero attached hydrogens (tertiary/aromatic N) is 1. The molecule has 0 amide bonds. The van der Waals surface area contributed by atoms with Gasteiger partial charge in [-0.2, -0.15) is 0 Å². The number of rotatable bonds is 3. The summed E-state index contributed by atoms with van der Waals surface area (Å²) in [5, 5.41) is 2.79. The highest BCUT2D eigenvalue weighted by molar-refractivity contribution is 5.85. The van der Waals surface area contributed by atoms with Crippen molar-refractivity contribution in [3.63, 3.8) is 0 Å². The van der Waals surface area contributed by atoms with Gasteiger partial charge in [0.15, 0.2) is 0 Å². The van der Waals surface area contributed by atoms with Gasteiger partial charge in [-0.1, -0.05) is 48.9 Å². The Morgan fingerprint density at radius 1 is 1.05 bits per heavy atom. The Labute approximate surface area is 116 Å². The first-order valence-electron chi connectivity index (χ1n) is 7.55. The van der Waals surface area contributed by atoms with Crippen molar-refractivity contribution in [1.29, 1.82) is 0 Å². The summed E-state index contributed by atoms with van der Waals surface area (Å²) in [6.45, 7) is 4.86. The van der Waals surface area contributed by atoms with Crippen molar-refractivity contribution in [3.05, 3.63) is 48.0 Å². The van der Waals surface area contributed by atoms with Crippen LogP contribution in [-0.4, -0.2) is 24.0 Å². The van der Waals surface area contributed by atoms with Gasteiger partial charge in [0.25, 0.3) is 0 Å². The van der Waals surface area contributed by atoms with Crippen LogP contribution in [0.25, 0.3) is 10.8 Å². The zero-order valence-corrected chi connectivity index (χ0v) is 11.8. The van der Waals surface area contributed by atoms with Crippen LogP contribution in [0.5, 0.6) is 0 Å². The van der Waals surface area contributed by atoms with Crippen molar-refractivity contribution in [2.45, 2.75) is 38.6 Å². The highest BCUT2D eigenvalue weighted by atomic mass is 15.1. The molecule has 2 aromatic carbocycles. The Morgan fingerprint density at radius 3 is 2.79 bits per heavy atom. The second kappa shape index (κ2) is 5.75. The molecule has 0 aliphatic carbocycles. The number of fused-ring (bicyclic) bond motifs is 1. The molecule has 0 saturated carbocycles. The highest BCUT2D eigenvalue weighted by Gasteiger charge is 2.17. The summed E-state index contributed by atoms with van der Waals surface area (Å²) in [7, 11) is 0. The van der Waals surface area contributed by atoms with Crippen molar-refractivity contribution < 1.29 is 0 Å². The molecule has 3 rings (SSSR count). The molecule has 1 unspecified atom stereocenters. The first kappa shape index (κ1) is 12.7. The van der Waals surface area contributed by atoms with Crippen molar-refractivity contribution in [2.75, 3.05) is 13.1 Å². The van der Waals surface area contributed by atoms with Crippen LogP contribution in [-0.2, 0) is 6.42 Å². The van der Waals surface area contributed by atoms with Crippen molar-refractivity contribution in [1.82, 2.24) is 4.90 Å². The maximum absolute atomic E-state index is 2.66. The van der Waals surface area contributed by atoms with Crippen LogP contribution in [0.4, 0.5) is 0 Å². The van der Waals surface area contributed by atoms with Crippen LogP contribution < -0.4 is 0 Å². The summed E-state index contributed by atoms with van der Waals surface area (Å²) < 4.78 is 0. The van der Waals surface area contributed by atoms with E-state index in [1.54, 1.807) is 0 Å². The quantitative estimate of drug-likeness (QED) is 0.790. The molecule has 1 heterocycles. The Balaban J connectivity index is 1.74. The molecular formula is C18H23N. The molecule has 0 radical (unpaired) electrons. The molecule has 1 saturated heterocycles. The molecule has 0 bridgehead atoms. The van der Waals surface area contributed by atoms with Crippen LogP contribution in [0.15, 0.2) is 42.5 Å². The minimum absolute atomic E-state index is 0.767. The van der Waals surface area contributed by atoms with Gasteiger partial charge >= 0.3 is 0 Å². The number of likely N-dealkylation sites (tertiary alicyclic amines) is 1. The fourth-order valence-corrected chi connectivity index (χ4v) is 3.26. The summed E-state index contributed by atoms with van der Waals surface area (Å²) in [6.07, 6.45) is 5.33. The van der Waals surface area contributed by atoms with Gasteiger partial charge in [-0.15, -0.1) is 0 Å². The largest absolute Gasteiger partial charge is 0.300 e. The number of hydrogen-bond donors (Lipinski definition) is 0. The third-order valence-electron chi connectivity index (χ3n) is 4.49. The van der Waals surface area contributed by atoms with Gasteiger partial charge in [0.05, 0.1) is 0 Å². The average molecular weight is 253 g/mol. The SMILES string of the molecule is CC1CCCCN1CCc1cccc2ccccc12. The topological polar surface area (TPSA) is 3.24 Å². The van der Waals surface area contributed by atoms with E-state index < -0.39 is 0 Å². The number of hydrogen-bond acceptors (Lipinski definition) is 1. The molecule has 1 fully saturated rings. The predicted molar refractivity (Wildman–Crippen MR) is 82.5 cm³/mol. The van der Waals surface area contributed by atoms with Gasteiger partial charge in [0.2, 0.25) is 0 Å². The summed E-state index contributed by atoms with van der Waals surface area (Å²) in [6, 6.07) is 16.2. The zero-order valence-electron chi connectivity index (χ0n) is 11.8. The number of benzene rings is 2. The second-order valence-corrected chi connectivity index (χ2v) is 5.77. The molecular weight excluding hydrogens is 230 g/mol. The lowest BCUT2D eigenvalue weighted by atomic mass is 10.00. The molecule has 2 aromatic rings. The second-order valence-electron chi connectivity index (χ2n) is 5.77. The Morgan fingerprint density at radius 2 is 1.89 bits per heavy atom. The lowest BCUT2D eigenvalue weighted by Gasteiger charge is -2.33. The van der Waals surface area contributed by atoms with E-state index in [4.69, 9.17) is 0 Å². The van der Waals surface area contributed by atoms with Gasteiger partial charge < -0.3 is 4.90 Å². The third-order valence-corrected chi connectivity index (χ3v) is 4.49. The minimum Gasteiger partial charge on any atom is -0.300 e. The van der Waals surface area contributed by atoms with Gasteiger partial charge in [-0.05, 0) is 49.1 Å². The molecule has 1 aliphatic heterocycles. The summed E-state index contributed by atoms with van der Waals surface area (Å²) in [4.78, 5) is 2.66. The van der Waals surface area contributed by atoms with E-state index in [9.17, 15) is 0 Å². The molecule has 19 heavy (non-hydrogen) atoms. The summed E-state index contributed by atoms with van der Waals surface area (Å²) >= 11 is 0. The Bertz CT molecular complexity index is 541. The van der Waals surface area contributed by atoms with E-state index in [-0.39, 0.29) is 0 Å². The molecule has 1 nitrogen and oxygen atoms in total. The van der Waals surface area contributed by atoms with E-state index in [0.717, 1.165) is 6.04 Å². The van der Waals surface area contributed by atoms with Crippen LogP contribution in [0.2, 0.25) is 0 Å². The fraction of sp³-hybridized carbons (Fsp3) is 0.444. The van der Waals surface area contributed by atoms with Crippen LogP contribution in [0.1, 0.15) is 31.7 Å². The first-order valence-corrected chi connectivity index (χ1v) is 7.55. The van der Waals surface area contributed by atoms with Crippen molar-refractivity contribution in [2.24, 2.45) is 0 Å². The summed E-state index contributed by atoms with van der Waals surface area (Å²) in [5.74, 6) is 0. The van der Waals surface area contributed by atoms with Gasteiger partial charge in [0, 0.05) is 12.6 Å². The maximum Gasteiger partial charge on any atom is 0.00670 e. The molecule has 100 valence electrons. The highest BCUT2D eigenvalue weighted by Crippen LogP contribution is 2.21. The molecule has 1 atom stereocenters. The zero-order chi connectivity index (χ0) is 13.1. The van der Waals surface area contributed by atoms with Crippen LogP contribution in [0.3, 0.4) is 0 Å². The number of piperidine rings is 1. The average Bonchev–Trinajstić information content (AvgIpc) is 2.46.